The standard InChI is InChI=1S/C18H22N4/c1-12(2)19-10-11-21-16-8-6-7-9-17(16)22-15(5)13(3)14(4)20-18(21)22/h6-9,19H,1,5,10-11H2,2-4H3. The van der Waals surface area contributed by atoms with Crippen LogP contribution < -0.4 is 15.1 Å². The van der Waals surface area contributed by atoms with E-state index in [1.807, 2.05) is 13.8 Å². The third kappa shape index (κ3) is 2.21. The highest BCUT2D eigenvalue weighted by atomic mass is 15.4. The summed E-state index contributed by atoms with van der Waals surface area (Å²) in [5.74, 6) is 0.942. The summed E-state index contributed by atoms with van der Waals surface area (Å²) in [7, 11) is 0. The number of nitrogens with one attached hydrogen (secondary N) is 1. The maximum Gasteiger partial charge on any atom is 0.215 e. The fraction of sp³-hybridized carbons (Fsp3) is 0.278. The molecule has 0 amide bonds. The van der Waals surface area contributed by atoms with Crippen LogP contribution in [-0.2, 0) is 0 Å². The van der Waals surface area contributed by atoms with Crippen LogP contribution in [-0.4, -0.2) is 19.0 Å². The minimum atomic E-state index is 0.824. The number of fused-ring (bicyclic) bond motifs is 3. The van der Waals surface area contributed by atoms with Crippen molar-refractivity contribution in [1.82, 2.24) is 5.32 Å². The molecule has 2 aliphatic heterocycles. The van der Waals surface area contributed by atoms with E-state index in [-0.39, 0.29) is 0 Å². The third-order valence-electron chi connectivity index (χ3n) is 4.13. The SMILES string of the molecule is C=C(C)NCCN1C2=NC(C)=C(C)C(=C)N2c2ccccc21. The molecule has 4 nitrogen and oxygen atoms in total. The summed E-state index contributed by atoms with van der Waals surface area (Å²) >= 11 is 0. The zero-order chi connectivity index (χ0) is 15.9. The van der Waals surface area contributed by atoms with Crippen LogP contribution in [0, 0.1) is 0 Å². The van der Waals surface area contributed by atoms with Crippen LogP contribution in [0.5, 0.6) is 0 Å². The summed E-state index contributed by atoms with van der Waals surface area (Å²) in [6, 6.07) is 8.37. The first kappa shape index (κ1) is 14.4. The van der Waals surface area contributed by atoms with E-state index in [0.29, 0.717) is 0 Å². The highest BCUT2D eigenvalue weighted by Crippen LogP contribution is 2.42. The van der Waals surface area contributed by atoms with Crippen molar-refractivity contribution in [2.45, 2.75) is 20.8 Å². The van der Waals surface area contributed by atoms with Crippen LogP contribution in [0.1, 0.15) is 20.8 Å². The molecule has 2 heterocycles. The Morgan fingerprint density at radius 1 is 1.23 bits per heavy atom. The number of rotatable bonds is 4. The van der Waals surface area contributed by atoms with E-state index >= 15 is 0 Å². The van der Waals surface area contributed by atoms with E-state index in [0.717, 1.165) is 47.4 Å². The maximum atomic E-state index is 4.81. The number of hydrogen-bond donors (Lipinski definition) is 1. The van der Waals surface area contributed by atoms with E-state index < -0.39 is 0 Å². The second kappa shape index (κ2) is 5.37. The molecule has 0 spiro atoms. The number of benzene rings is 1. The summed E-state index contributed by atoms with van der Waals surface area (Å²) in [5, 5.41) is 3.29. The van der Waals surface area contributed by atoms with E-state index in [1.165, 1.54) is 5.69 Å². The van der Waals surface area contributed by atoms with Gasteiger partial charge in [-0.25, -0.2) is 4.99 Å². The summed E-state index contributed by atoms with van der Waals surface area (Å²) in [6.45, 7) is 15.9. The Hall–Kier alpha value is -2.49. The predicted octanol–water partition coefficient (Wildman–Crippen LogP) is 3.61. The second-order valence-corrected chi connectivity index (χ2v) is 5.75. The molecular weight excluding hydrogens is 272 g/mol. The molecule has 22 heavy (non-hydrogen) atoms. The smallest absolute Gasteiger partial charge is 0.215 e. The van der Waals surface area contributed by atoms with Crippen molar-refractivity contribution >= 4 is 17.3 Å². The van der Waals surface area contributed by atoms with Gasteiger partial charge in [0.05, 0.1) is 11.4 Å². The monoisotopic (exact) mass is 294 g/mol. The highest BCUT2D eigenvalue weighted by Gasteiger charge is 2.36. The fourth-order valence-corrected chi connectivity index (χ4v) is 2.81. The Kier molecular flexibility index (Phi) is 3.53. The zero-order valence-electron chi connectivity index (χ0n) is 13.5. The van der Waals surface area contributed by atoms with E-state index in [1.54, 1.807) is 0 Å². The molecule has 114 valence electrons. The first-order valence-corrected chi connectivity index (χ1v) is 7.52. The van der Waals surface area contributed by atoms with Crippen molar-refractivity contribution in [3.05, 3.63) is 60.1 Å². The van der Waals surface area contributed by atoms with Gasteiger partial charge in [0.25, 0.3) is 0 Å². The zero-order valence-corrected chi connectivity index (χ0v) is 13.5. The molecular formula is C18H22N4. The van der Waals surface area contributed by atoms with Gasteiger partial charge in [0, 0.05) is 30.2 Å². The lowest BCUT2D eigenvalue weighted by molar-refractivity contribution is 0.791. The molecule has 0 saturated heterocycles. The Morgan fingerprint density at radius 3 is 2.59 bits per heavy atom. The van der Waals surface area contributed by atoms with Crippen LogP contribution in [0.4, 0.5) is 11.4 Å². The lowest BCUT2D eigenvalue weighted by Crippen LogP contribution is -2.42. The largest absolute Gasteiger partial charge is 0.387 e. The van der Waals surface area contributed by atoms with Gasteiger partial charge in [-0.3, -0.25) is 4.90 Å². The lowest BCUT2D eigenvalue weighted by atomic mass is 10.1. The average Bonchev–Trinajstić information content (AvgIpc) is 2.79. The molecule has 1 N–H and O–H groups in total. The summed E-state index contributed by atoms with van der Waals surface area (Å²) in [5.41, 5.74) is 6.47. The van der Waals surface area contributed by atoms with Crippen molar-refractivity contribution < 1.29 is 0 Å². The van der Waals surface area contributed by atoms with E-state index in [9.17, 15) is 0 Å². The van der Waals surface area contributed by atoms with Crippen LogP contribution in [0.15, 0.2) is 65.1 Å². The van der Waals surface area contributed by atoms with Crippen LogP contribution in [0.25, 0.3) is 0 Å². The van der Waals surface area contributed by atoms with Crippen molar-refractivity contribution in [2.75, 3.05) is 22.9 Å². The van der Waals surface area contributed by atoms with Gasteiger partial charge in [0.15, 0.2) is 0 Å². The molecule has 3 rings (SSSR count). The predicted molar refractivity (Wildman–Crippen MR) is 94.0 cm³/mol. The summed E-state index contributed by atoms with van der Waals surface area (Å²) < 4.78 is 0. The number of hydrogen-bond acceptors (Lipinski definition) is 4. The van der Waals surface area contributed by atoms with Gasteiger partial charge in [0.1, 0.15) is 0 Å². The van der Waals surface area contributed by atoms with Gasteiger partial charge in [0.2, 0.25) is 5.96 Å². The lowest BCUT2D eigenvalue weighted by Gasteiger charge is -2.29. The van der Waals surface area contributed by atoms with Gasteiger partial charge in [-0.2, -0.15) is 0 Å². The van der Waals surface area contributed by atoms with Crippen LogP contribution in [0.2, 0.25) is 0 Å². The first-order chi connectivity index (χ1) is 10.5. The normalized spacial score (nSPS) is 16.5. The van der Waals surface area contributed by atoms with Crippen molar-refractivity contribution in [2.24, 2.45) is 4.99 Å². The van der Waals surface area contributed by atoms with Crippen LogP contribution >= 0.6 is 0 Å². The van der Waals surface area contributed by atoms with E-state index in [2.05, 4.69) is 59.5 Å². The van der Waals surface area contributed by atoms with Gasteiger partial charge in [-0.15, -0.1) is 0 Å². The van der Waals surface area contributed by atoms with Crippen molar-refractivity contribution in [3.63, 3.8) is 0 Å². The molecule has 2 aliphatic rings. The number of guanidine groups is 1. The van der Waals surface area contributed by atoms with Gasteiger partial charge < -0.3 is 10.2 Å². The quantitative estimate of drug-likeness (QED) is 0.920. The summed E-state index contributed by atoms with van der Waals surface area (Å²) in [4.78, 5) is 9.20. The number of nitrogens with zero attached hydrogens (tertiary/aromatic N) is 3. The molecule has 0 bridgehead atoms. The molecule has 4 heteroatoms. The average molecular weight is 294 g/mol. The van der Waals surface area contributed by atoms with E-state index in [4.69, 9.17) is 4.99 Å². The Balaban J connectivity index is 1.99. The molecule has 0 fully saturated rings. The Labute approximate surface area is 132 Å². The summed E-state index contributed by atoms with van der Waals surface area (Å²) in [6.07, 6.45) is 0. The Bertz CT molecular complexity index is 712. The molecule has 1 aromatic carbocycles. The number of allylic oxidation sites excluding steroid dienone is 3. The molecule has 0 atom stereocenters. The Morgan fingerprint density at radius 2 is 1.91 bits per heavy atom. The second-order valence-electron chi connectivity index (χ2n) is 5.75. The topological polar surface area (TPSA) is 30.9 Å². The molecule has 0 radical (unpaired) electrons. The maximum absolute atomic E-state index is 4.81. The van der Waals surface area contributed by atoms with Crippen LogP contribution in [0.3, 0.4) is 0 Å². The molecule has 0 saturated carbocycles. The fourth-order valence-electron chi connectivity index (χ4n) is 2.81. The highest BCUT2D eigenvalue weighted by molar-refractivity contribution is 6.19. The number of anilines is 2. The molecule has 0 aliphatic carbocycles. The van der Waals surface area contributed by atoms with Crippen molar-refractivity contribution in [1.29, 1.82) is 0 Å². The van der Waals surface area contributed by atoms with Gasteiger partial charge in [-0.1, -0.05) is 25.3 Å². The first-order valence-electron chi connectivity index (χ1n) is 7.52. The number of aliphatic imine (C=N–C) groups is 1. The number of para-hydroxylation sites is 2. The minimum absolute atomic E-state index is 0.824. The molecule has 0 unspecified atom stereocenters. The molecule has 1 aromatic rings. The van der Waals surface area contributed by atoms with Crippen molar-refractivity contribution in [3.8, 4) is 0 Å². The molecule has 0 aromatic heterocycles. The van der Waals surface area contributed by atoms with Gasteiger partial charge in [-0.05, 0) is 38.5 Å². The van der Waals surface area contributed by atoms with Gasteiger partial charge >= 0.3 is 0 Å². The third-order valence-corrected chi connectivity index (χ3v) is 4.13. The minimum Gasteiger partial charge on any atom is -0.387 e.